The minimum absolute atomic E-state index is 0.0140. The molecule has 0 N–H and O–H groups in total. The number of aromatic nitrogens is 2. The van der Waals surface area contributed by atoms with E-state index < -0.39 is 0 Å². The first-order valence-electron chi connectivity index (χ1n) is 10.5. The lowest BCUT2D eigenvalue weighted by atomic mass is 10.2. The molecule has 0 bridgehead atoms. The molecule has 5 nitrogen and oxygen atoms in total. The van der Waals surface area contributed by atoms with Crippen molar-refractivity contribution in [2.45, 2.75) is 26.4 Å². The van der Waals surface area contributed by atoms with Gasteiger partial charge in [0.1, 0.15) is 18.2 Å². The molecule has 0 saturated carbocycles. The van der Waals surface area contributed by atoms with Crippen LogP contribution in [0.5, 0.6) is 5.75 Å². The molecular weight excluding hydrogens is 774 g/mol. The third kappa shape index (κ3) is 6.15. The van der Waals surface area contributed by atoms with E-state index in [4.69, 9.17) is 4.74 Å². The Morgan fingerprint density at radius 2 is 1.60 bits per heavy atom. The zero-order chi connectivity index (χ0) is 25.3. The molecule has 0 spiro atoms. The summed E-state index contributed by atoms with van der Waals surface area (Å²) in [6, 6.07) is 15.2. The monoisotopic (exact) mass is 787 g/mol. The summed E-state index contributed by atoms with van der Waals surface area (Å²) < 4.78 is 11.7. The van der Waals surface area contributed by atoms with E-state index in [9.17, 15) is 4.79 Å². The standard InChI is InChI=1S/C25H18Br5N3O2/c1-13(2)24-32-22-6-5-16(26)9-18(22)25(34)33(24)31-11-14-7-20(29)23(21(30)8-14)35-12-15-3-4-17(27)10-19(15)28/h3-11,13H,12H2,1-2H3. The lowest BCUT2D eigenvalue weighted by Gasteiger charge is -2.13. The van der Waals surface area contributed by atoms with Crippen LogP contribution in [0.4, 0.5) is 0 Å². The summed E-state index contributed by atoms with van der Waals surface area (Å²) >= 11 is 17.7. The molecule has 0 amide bonds. The quantitative estimate of drug-likeness (QED) is 0.184. The van der Waals surface area contributed by atoms with Gasteiger partial charge in [-0.3, -0.25) is 4.79 Å². The molecule has 1 heterocycles. The molecule has 0 saturated heterocycles. The van der Waals surface area contributed by atoms with Crippen LogP contribution in [0.1, 0.15) is 36.7 Å². The van der Waals surface area contributed by atoms with Crippen molar-refractivity contribution >= 4 is 96.8 Å². The van der Waals surface area contributed by atoms with Crippen LogP contribution in [0.3, 0.4) is 0 Å². The van der Waals surface area contributed by atoms with Crippen LogP contribution in [0.15, 0.2) is 80.8 Å². The highest BCUT2D eigenvalue weighted by Crippen LogP contribution is 2.35. The third-order valence-electron chi connectivity index (χ3n) is 5.08. The molecule has 0 unspecified atom stereocenters. The first-order chi connectivity index (χ1) is 16.6. The van der Waals surface area contributed by atoms with Crippen LogP contribution in [0.2, 0.25) is 0 Å². The van der Waals surface area contributed by atoms with Gasteiger partial charge in [-0.25, -0.2) is 4.98 Å². The van der Waals surface area contributed by atoms with Gasteiger partial charge in [0.2, 0.25) is 0 Å². The lowest BCUT2D eigenvalue weighted by Crippen LogP contribution is -2.23. The van der Waals surface area contributed by atoms with Crippen molar-refractivity contribution < 1.29 is 4.74 Å². The number of halogens is 5. The predicted octanol–water partition coefficient (Wildman–Crippen LogP) is 8.79. The molecule has 0 atom stereocenters. The summed E-state index contributed by atoms with van der Waals surface area (Å²) in [6.45, 7) is 4.37. The van der Waals surface area contributed by atoms with Crippen LogP contribution in [-0.4, -0.2) is 15.9 Å². The zero-order valence-corrected chi connectivity index (χ0v) is 26.5. The Morgan fingerprint density at radius 3 is 2.26 bits per heavy atom. The van der Waals surface area contributed by atoms with Crippen LogP contribution in [0.25, 0.3) is 10.9 Å². The molecule has 180 valence electrons. The fourth-order valence-electron chi connectivity index (χ4n) is 3.36. The molecule has 4 rings (SSSR count). The number of ether oxygens (including phenoxy) is 1. The van der Waals surface area contributed by atoms with E-state index in [-0.39, 0.29) is 11.5 Å². The SMILES string of the molecule is CC(C)c1nc2ccc(Br)cc2c(=O)n1N=Cc1cc(Br)c(OCc2ccc(Br)cc2Br)c(Br)c1. The molecule has 0 radical (unpaired) electrons. The largest absolute Gasteiger partial charge is 0.486 e. The lowest BCUT2D eigenvalue weighted by molar-refractivity contribution is 0.301. The van der Waals surface area contributed by atoms with E-state index in [0.29, 0.717) is 29.1 Å². The molecule has 0 aliphatic carbocycles. The Bertz CT molecular complexity index is 1490. The van der Waals surface area contributed by atoms with Crippen LogP contribution in [-0.2, 0) is 6.61 Å². The fraction of sp³-hybridized carbons (Fsp3) is 0.160. The summed E-state index contributed by atoms with van der Waals surface area (Å²) in [6.07, 6.45) is 1.64. The Hall–Kier alpha value is -1.33. The third-order valence-corrected chi connectivity index (χ3v) is 7.98. The van der Waals surface area contributed by atoms with Crippen molar-refractivity contribution in [3.8, 4) is 5.75 Å². The van der Waals surface area contributed by atoms with Gasteiger partial charge in [-0.1, -0.05) is 67.7 Å². The average molecular weight is 792 g/mol. The maximum Gasteiger partial charge on any atom is 0.282 e. The van der Waals surface area contributed by atoms with Crippen molar-refractivity contribution in [1.82, 2.24) is 9.66 Å². The topological polar surface area (TPSA) is 56.5 Å². The second-order valence-electron chi connectivity index (χ2n) is 7.99. The zero-order valence-electron chi connectivity index (χ0n) is 18.5. The van der Waals surface area contributed by atoms with Gasteiger partial charge in [0.25, 0.3) is 5.56 Å². The Morgan fingerprint density at radius 1 is 0.943 bits per heavy atom. The number of nitrogens with zero attached hydrogens (tertiary/aromatic N) is 3. The van der Waals surface area contributed by atoms with Gasteiger partial charge in [0, 0.05) is 24.9 Å². The molecule has 0 fully saturated rings. The van der Waals surface area contributed by atoms with E-state index in [2.05, 4.69) is 89.7 Å². The van der Waals surface area contributed by atoms with Crippen LogP contribution in [0, 0.1) is 0 Å². The maximum absolute atomic E-state index is 13.2. The smallest absolute Gasteiger partial charge is 0.282 e. The van der Waals surface area contributed by atoms with Crippen LogP contribution >= 0.6 is 79.6 Å². The Balaban J connectivity index is 1.65. The molecule has 35 heavy (non-hydrogen) atoms. The van der Waals surface area contributed by atoms with Crippen molar-refractivity contribution in [3.05, 3.63) is 98.2 Å². The van der Waals surface area contributed by atoms with Gasteiger partial charge >= 0.3 is 0 Å². The highest BCUT2D eigenvalue weighted by molar-refractivity contribution is 9.11. The van der Waals surface area contributed by atoms with Crippen molar-refractivity contribution in [3.63, 3.8) is 0 Å². The number of benzene rings is 3. The predicted molar refractivity (Wildman–Crippen MR) is 159 cm³/mol. The van der Waals surface area contributed by atoms with Gasteiger partial charge in [0.15, 0.2) is 0 Å². The average Bonchev–Trinajstić information content (AvgIpc) is 2.79. The Kier molecular flexibility index (Phi) is 8.69. The van der Waals surface area contributed by atoms with E-state index in [1.54, 1.807) is 12.3 Å². The number of fused-ring (bicyclic) bond motifs is 1. The van der Waals surface area contributed by atoms with Gasteiger partial charge in [0.05, 0.1) is 26.1 Å². The maximum atomic E-state index is 13.2. The van der Waals surface area contributed by atoms with E-state index >= 15 is 0 Å². The normalized spacial score (nSPS) is 11.7. The van der Waals surface area contributed by atoms with Crippen molar-refractivity contribution in [2.24, 2.45) is 5.10 Å². The summed E-state index contributed by atoms with van der Waals surface area (Å²) in [4.78, 5) is 17.9. The first-order valence-corrected chi connectivity index (χ1v) is 14.4. The summed E-state index contributed by atoms with van der Waals surface area (Å²) in [5.41, 5.74) is 2.25. The fourth-order valence-corrected chi connectivity index (χ4v) is 6.33. The Labute approximate surface area is 244 Å². The summed E-state index contributed by atoms with van der Waals surface area (Å²) in [5, 5.41) is 5.02. The van der Waals surface area contributed by atoms with Gasteiger partial charge in [-0.2, -0.15) is 9.78 Å². The van der Waals surface area contributed by atoms with Gasteiger partial charge in [-0.15, -0.1) is 0 Å². The van der Waals surface area contributed by atoms with E-state index in [0.717, 1.165) is 33.5 Å². The second kappa shape index (κ2) is 11.4. The van der Waals surface area contributed by atoms with E-state index in [1.165, 1.54) is 4.68 Å². The molecular formula is C25H18Br5N3O2. The number of hydrogen-bond acceptors (Lipinski definition) is 4. The summed E-state index contributed by atoms with van der Waals surface area (Å²) in [7, 11) is 0. The minimum atomic E-state index is -0.214. The highest BCUT2D eigenvalue weighted by Gasteiger charge is 2.14. The molecule has 0 aliphatic rings. The number of rotatable bonds is 6. The first kappa shape index (κ1) is 26.7. The van der Waals surface area contributed by atoms with Crippen molar-refractivity contribution in [1.29, 1.82) is 0 Å². The number of hydrogen-bond donors (Lipinski definition) is 0. The summed E-state index contributed by atoms with van der Waals surface area (Å²) in [5.74, 6) is 1.29. The highest BCUT2D eigenvalue weighted by atomic mass is 79.9. The van der Waals surface area contributed by atoms with E-state index in [1.807, 2.05) is 56.3 Å². The van der Waals surface area contributed by atoms with Gasteiger partial charge < -0.3 is 4.74 Å². The minimum Gasteiger partial charge on any atom is -0.486 e. The second-order valence-corrected chi connectivity index (χ2v) is 12.4. The molecule has 3 aromatic carbocycles. The molecule has 1 aromatic heterocycles. The van der Waals surface area contributed by atoms with Gasteiger partial charge in [-0.05, 0) is 79.9 Å². The molecule has 4 aromatic rings. The molecule has 10 heteroatoms. The molecule has 0 aliphatic heterocycles. The van der Waals surface area contributed by atoms with Crippen molar-refractivity contribution in [2.75, 3.05) is 0 Å². The van der Waals surface area contributed by atoms with Crippen LogP contribution < -0.4 is 10.3 Å².